The summed E-state index contributed by atoms with van der Waals surface area (Å²) in [5, 5.41) is 10.1. The molecule has 2 fully saturated rings. The summed E-state index contributed by atoms with van der Waals surface area (Å²) in [6.45, 7) is 2.73. The predicted molar refractivity (Wildman–Crippen MR) is 118 cm³/mol. The van der Waals surface area contributed by atoms with Gasteiger partial charge in [0.05, 0.1) is 5.56 Å². The Kier molecular flexibility index (Phi) is 6.30. The minimum absolute atomic E-state index is 0.0415. The number of likely N-dealkylation sites (tertiary alicyclic amines) is 1. The zero-order chi connectivity index (χ0) is 22.0. The molecule has 0 N–H and O–H groups in total. The molecule has 2 aliphatic heterocycles. The van der Waals surface area contributed by atoms with E-state index in [0.29, 0.717) is 66.1 Å². The van der Waals surface area contributed by atoms with Gasteiger partial charge < -0.3 is 14.7 Å². The van der Waals surface area contributed by atoms with E-state index in [9.17, 15) is 14.9 Å². The molecular formula is C22H21Cl2N5O2. The standard InChI is InChI=1S/C22H21Cl2N5O2/c23-17-11-16(12-18(24)13-17)21(30)29-6-2-4-19(29)22(31)28-9-7-27(8-10-28)20-15(14-25)3-1-5-26-20/h1,3,5,11-13,19H,2,4,6-10H2. The monoisotopic (exact) mass is 457 g/mol. The molecule has 2 saturated heterocycles. The van der Waals surface area contributed by atoms with Crippen molar-refractivity contribution in [2.24, 2.45) is 0 Å². The number of amides is 2. The number of hydrogen-bond donors (Lipinski definition) is 0. The van der Waals surface area contributed by atoms with Crippen LogP contribution in [0.5, 0.6) is 0 Å². The van der Waals surface area contributed by atoms with Crippen LogP contribution in [0, 0.1) is 11.3 Å². The van der Waals surface area contributed by atoms with E-state index in [1.807, 2.05) is 4.90 Å². The fourth-order valence-corrected chi connectivity index (χ4v) is 4.72. The third-order valence-corrected chi connectivity index (χ3v) is 6.14. The Hall–Kier alpha value is -2.82. The summed E-state index contributed by atoms with van der Waals surface area (Å²) < 4.78 is 0. The highest BCUT2D eigenvalue weighted by Gasteiger charge is 2.38. The van der Waals surface area contributed by atoms with Crippen molar-refractivity contribution in [3.05, 3.63) is 57.7 Å². The molecule has 0 bridgehead atoms. The van der Waals surface area contributed by atoms with Crippen LogP contribution in [0.4, 0.5) is 5.82 Å². The largest absolute Gasteiger partial charge is 0.352 e. The first-order valence-corrected chi connectivity index (χ1v) is 10.9. The number of aromatic nitrogens is 1. The van der Waals surface area contributed by atoms with Crippen LogP contribution < -0.4 is 4.90 Å². The number of carbonyl (C=O) groups is 2. The lowest BCUT2D eigenvalue weighted by atomic mass is 10.1. The van der Waals surface area contributed by atoms with Crippen molar-refractivity contribution in [3.63, 3.8) is 0 Å². The normalized spacial score (nSPS) is 18.7. The highest BCUT2D eigenvalue weighted by atomic mass is 35.5. The minimum Gasteiger partial charge on any atom is -0.352 e. The van der Waals surface area contributed by atoms with Gasteiger partial charge in [-0.2, -0.15) is 5.26 Å². The van der Waals surface area contributed by atoms with Crippen molar-refractivity contribution >= 4 is 40.8 Å². The smallest absolute Gasteiger partial charge is 0.254 e. The van der Waals surface area contributed by atoms with Crippen molar-refractivity contribution in [1.29, 1.82) is 5.26 Å². The van der Waals surface area contributed by atoms with E-state index in [0.717, 1.165) is 6.42 Å². The molecule has 1 atom stereocenters. The first-order chi connectivity index (χ1) is 15.0. The molecule has 9 heteroatoms. The van der Waals surface area contributed by atoms with Crippen LogP contribution in [-0.4, -0.2) is 65.4 Å². The van der Waals surface area contributed by atoms with Gasteiger partial charge in [0.25, 0.3) is 5.91 Å². The quantitative estimate of drug-likeness (QED) is 0.706. The fourth-order valence-electron chi connectivity index (χ4n) is 4.20. The SMILES string of the molecule is N#Cc1cccnc1N1CCN(C(=O)C2CCCN2C(=O)c2cc(Cl)cc(Cl)c2)CC1. The zero-order valence-electron chi connectivity index (χ0n) is 16.8. The van der Waals surface area contributed by atoms with Crippen molar-refractivity contribution in [1.82, 2.24) is 14.8 Å². The number of rotatable bonds is 3. The number of benzene rings is 1. The van der Waals surface area contributed by atoms with E-state index in [-0.39, 0.29) is 11.8 Å². The molecule has 7 nitrogen and oxygen atoms in total. The van der Waals surface area contributed by atoms with Gasteiger partial charge in [0.2, 0.25) is 5.91 Å². The van der Waals surface area contributed by atoms with Crippen LogP contribution in [0.1, 0.15) is 28.8 Å². The van der Waals surface area contributed by atoms with Crippen molar-refractivity contribution in [2.75, 3.05) is 37.6 Å². The lowest BCUT2D eigenvalue weighted by molar-refractivity contribution is -0.135. The van der Waals surface area contributed by atoms with Crippen LogP contribution in [0.15, 0.2) is 36.5 Å². The van der Waals surface area contributed by atoms with Crippen molar-refractivity contribution in [3.8, 4) is 6.07 Å². The maximum Gasteiger partial charge on any atom is 0.254 e. The maximum absolute atomic E-state index is 13.2. The van der Waals surface area contributed by atoms with Gasteiger partial charge in [-0.3, -0.25) is 9.59 Å². The van der Waals surface area contributed by atoms with Crippen LogP contribution >= 0.6 is 23.2 Å². The fraction of sp³-hybridized carbons (Fsp3) is 0.364. The van der Waals surface area contributed by atoms with Gasteiger partial charge in [0.15, 0.2) is 0 Å². The lowest BCUT2D eigenvalue weighted by Gasteiger charge is -2.38. The molecule has 31 heavy (non-hydrogen) atoms. The van der Waals surface area contributed by atoms with Crippen LogP contribution in [0.2, 0.25) is 10.0 Å². The molecular weight excluding hydrogens is 437 g/mol. The number of anilines is 1. The van der Waals surface area contributed by atoms with Gasteiger partial charge in [-0.25, -0.2) is 4.98 Å². The number of nitrogens with zero attached hydrogens (tertiary/aromatic N) is 5. The molecule has 1 unspecified atom stereocenters. The number of carbonyl (C=O) groups excluding carboxylic acids is 2. The van der Waals surface area contributed by atoms with E-state index in [4.69, 9.17) is 23.2 Å². The van der Waals surface area contributed by atoms with Crippen LogP contribution in [-0.2, 0) is 4.79 Å². The molecule has 1 aromatic carbocycles. The summed E-state index contributed by atoms with van der Waals surface area (Å²) in [7, 11) is 0. The minimum atomic E-state index is -0.485. The zero-order valence-corrected chi connectivity index (χ0v) is 18.3. The second-order valence-electron chi connectivity index (χ2n) is 7.61. The summed E-state index contributed by atoms with van der Waals surface area (Å²) in [4.78, 5) is 36.1. The maximum atomic E-state index is 13.2. The molecule has 4 rings (SSSR count). The molecule has 160 valence electrons. The van der Waals surface area contributed by atoms with Gasteiger partial charge in [0, 0.05) is 54.5 Å². The second kappa shape index (κ2) is 9.13. The van der Waals surface area contributed by atoms with Crippen molar-refractivity contribution < 1.29 is 9.59 Å². The second-order valence-corrected chi connectivity index (χ2v) is 8.49. The molecule has 1 aromatic heterocycles. The summed E-state index contributed by atoms with van der Waals surface area (Å²) >= 11 is 12.1. The van der Waals surface area contributed by atoms with E-state index in [1.54, 1.807) is 46.3 Å². The van der Waals surface area contributed by atoms with Gasteiger partial charge in [-0.15, -0.1) is 0 Å². The van der Waals surface area contributed by atoms with Crippen LogP contribution in [0.3, 0.4) is 0 Å². The third kappa shape index (κ3) is 4.46. The summed E-state index contributed by atoms with van der Waals surface area (Å²) in [5.74, 6) is 0.374. The Morgan fingerprint density at radius 2 is 1.77 bits per heavy atom. The van der Waals surface area contributed by atoms with E-state index >= 15 is 0 Å². The number of nitriles is 1. The highest BCUT2D eigenvalue weighted by Crippen LogP contribution is 2.26. The lowest BCUT2D eigenvalue weighted by Crippen LogP contribution is -2.54. The summed E-state index contributed by atoms with van der Waals surface area (Å²) in [6.07, 6.45) is 3.07. The van der Waals surface area contributed by atoms with Crippen molar-refractivity contribution in [2.45, 2.75) is 18.9 Å². The molecule has 2 aromatic rings. The number of hydrogen-bond acceptors (Lipinski definition) is 5. The molecule has 2 aliphatic rings. The number of piperazine rings is 1. The molecule has 0 radical (unpaired) electrons. The van der Waals surface area contributed by atoms with E-state index in [2.05, 4.69) is 11.1 Å². The topological polar surface area (TPSA) is 80.5 Å². The van der Waals surface area contributed by atoms with Gasteiger partial charge in [-0.05, 0) is 43.2 Å². The Morgan fingerprint density at radius 3 is 2.45 bits per heavy atom. The summed E-state index contributed by atoms with van der Waals surface area (Å²) in [5.41, 5.74) is 0.913. The molecule has 0 aliphatic carbocycles. The molecule has 0 saturated carbocycles. The summed E-state index contributed by atoms with van der Waals surface area (Å²) in [6, 6.07) is 9.89. The highest BCUT2D eigenvalue weighted by molar-refractivity contribution is 6.35. The average Bonchev–Trinajstić information content (AvgIpc) is 3.27. The van der Waals surface area contributed by atoms with E-state index in [1.165, 1.54) is 0 Å². The number of halogens is 2. The Labute approximate surface area is 190 Å². The first-order valence-electron chi connectivity index (χ1n) is 10.1. The van der Waals surface area contributed by atoms with Crippen LogP contribution in [0.25, 0.3) is 0 Å². The third-order valence-electron chi connectivity index (χ3n) is 5.71. The average molecular weight is 458 g/mol. The molecule has 2 amide bonds. The predicted octanol–water partition coefficient (Wildman–Crippen LogP) is 3.21. The van der Waals surface area contributed by atoms with E-state index < -0.39 is 6.04 Å². The Bertz CT molecular complexity index is 1030. The molecule has 0 spiro atoms. The Balaban J connectivity index is 1.43. The van der Waals surface area contributed by atoms with Gasteiger partial charge in [-0.1, -0.05) is 23.2 Å². The van der Waals surface area contributed by atoms with Gasteiger partial charge >= 0.3 is 0 Å². The number of pyridine rings is 1. The first kappa shape index (κ1) is 21.4. The van der Waals surface area contributed by atoms with Gasteiger partial charge in [0.1, 0.15) is 17.9 Å². The molecule has 3 heterocycles. The Morgan fingerprint density at radius 1 is 1.06 bits per heavy atom.